The molecule has 3 N–H and O–H groups in total. The Morgan fingerprint density at radius 2 is 1.96 bits per heavy atom. The van der Waals surface area contributed by atoms with Gasteiger partial charge in [0.05, 0.1) is 19.6 Å². The average molecular weight is 373 g/mol. The summed E-state index contributed by atoms with van der Waals surface area (Å²) in [4.78, 5) is 24.4. The first-order chi connectivity index (χ1) is 11.6. The Labute approximate surface area is 153 Å². The maximum Gasteiger partial charge on any atom is 0.341 e. The highest BCUT2D eigenvalue weighted by atomic mass is 35.5. The lowest BCUT2D eigenvalue weighted by Crippen LogP contribution is -2.48. The molecule has 7 nitrogen and oxygen atoms in total. The molecular formula is C17H25ClN2O5. The van der Waals surface area contributed by atoms with Crippen LogP contribution < -0.4 is 15.8 Å². The molecule has 1 saturated heterocycles. The fourth-order valence-corrected chi connectivity index (χ4v) is 2.79. The summed E-state index contributed by atoms with van der Waals surface area (Å²) in [6.45, 7) is 1.67. The molecule has 0 spiro atoms. The van der Waals surface area contributed by atoms with E-state index in [9.17, 15) is 9.59 Å². The van der Waals surface area contributed by atoms with E-state index in [0.717, 1.165) is 5.56 Å². The molecule has 1 aliphatic heterocycles. The topological polar surface area (TPSA) is 99.9 Å². The second kappa shape index (κ2) is 9.60. The molecule has 25 heavy (non-hydrogen) atoms. The molecule has 1 heterocycles. The second-order valence-corrected chi connectivity index (χ2v) is 5.81. The van der Waals surface area contributed by atoms with Crippen LogP contribution in [-0.4, -0.2) is 45.9 Å². The van der Waals surface area contributed by atoms with E-state index < -0.39 is 11.4 Å². The Bertz CT molecular complexity index is 603. The van der Waals surface area contributed by atoms with Gasteiger partial charge in [-0.2, -0.15) is 0 Å². The van der Waals surface area contributed by atoms with Gasteiger partial charge in [0.25, 0.3) is 0 Å². The van der Waals surface area contributed by atoms with Crippen LogP contribution in [0.4, 0.5) is 0 Å². The van der Waals surface area contributed by atoms with Gasteiger partial charge < -0.3 is 25.3 Å². The maximum atomic E-state index is 12.6. The highest BCUT2D eigenvalue weighted by molar-refractivity contribution is 5.92. The van der Waals surface area contributed by atoms with Crippen LogP contribution in [0.25, 0.3) is 0 Å². The third-order valence-electron chi connectivity index (χ3n) is 4.44. The van der Waals surface area contributed by atoms with E-state index in [1.807, 2.05) is 0 Å². The molecule has 1 aromatic carbocycles. The lowest BCUT2D eigenvalue weighted by molar-refractivity contribution is -0.136. The molecule has 1 fully saturated rings. The van der Waals surface area contributed by atoms with Gasteiger partial charge in [-0.05, 0) is 30.5 Å². The predicted octanol–water partition coefficient (Wildman–Crippen LogP) is 1.28. The van der Waals surface area contributed by atoms with E-state index in [4.69, 9.17) is 19.9 Å². The third kappa shape index (κ3) is 4.84. The van der Waals surface area contributed by atoms with Gasteiger partial charge in [0, 0.05) is 26.3 Å². The highest BCUT2D eigenvalue weighted by Crippen LogP contribution is 2.29. The number of carbonyl (C=O) groups excluding carboxylic acids is 2. The molecule has 2 rings (SSSR count). The normalized spacial score (nSPS) is 15.6. The van der Waals surface area contributed by atoms with E-state index in [2.05, 4.69) is 5.32 Å². The minimum absolute atomic E-state index is 0. The van der Waals surface area contributed by atoms with Crippen molar-refractivity contribution in [3.05, 3.63) is 29.3 Å². The summed E-state index contributed by atoms with van der Waals surface area (Å²) in [7, 11) is 2.80. The molecule has 0 aromatic heterocycles. The number of hydrogen-bond acceptors (Lipinski definition) is 6. The summed E-state index contributed by atoms with van der Waals surface area (Å²) in [5.74, 6) is -0.133. The highest BCUT2D eigenvalue weighted by Gasteiger charge is 2.38. The van der Waals surface area contributed by atoms with Crippen molar-refractivity contribution in [2.45, 2.75) is 19.4 Å². The van der Waals surface area contributed by atoms with Gasteiger partial charge in [-0.25, -0.2) is 4.79 Å². The maximum absolute atomic E-state index is 12.6. The van der Waals surface area contributed by atoms with E-state index >= 15 is 0 Å². The summed E-state index contributed by atoms with van der Waals surface area (Å²) in [6, 6.07) is 5.13. The van der Waals surface area contributed by atoms with Gasteiger partial charge in [-0.1, -0.05) is 6.07 Å². The van der Waals surface area contributed by atoms with Gasteiger partial charge >= 0.3 is 5.97 Å². The fraction of sp³-hybridized carbons (Fsp3) is 0.529. The zero-order valence-corrected chi connectivity index (χ0v) is 15.3. The standard InChI is InChI=1S/C17H24N2O5.ClH/c1-22-14-4-3-12(9-13(14)15(20)23-2)10-19-16(21)17(11-18)5-7-24-8-6-17;/h3-4,9H,5-8,10-11,18H2,1-2H3,(H,19,21);1H. The Hall–Kier alpha value is -1.83. The van der Waals surface area contributed by atoms with E-state index in [0.29, 0.717) is 43.9 Å². The van der Waals surface area contributed by atoms with Crippen molar-refractivity contribution in [3.8, 4) is 5.75 Å². The molecule has 140 valence electrons. The molecule has 0 aliphatic carbocycles. The first-order valence-electron chi connectivity index (χ1n) is 7.87. The van der Waals surface area contributed by atoms with Crippen LogP contribution in [-0.2, 0) is 20.8 Å². The third-order valence-corrected chi connectivity index (χ3v) is 4.44. The molecular weight excluding hydrogens is 348 g/mol. The molecule has 0 bridgehead atoms. The van der Waals surface area contributed by atoms with Crippen LogP contribution in [0.1, 0.15) is 28.8 Å². The monoisotopic (exact) mass is 372 g/mol. The molecule has 8 heteroatoms. The van der Waals surface area contributed by atoms with Crippen molar-refractivity contribution in [3.63, 3.8) is 0 Å². The van der Waals surface area contributed by atoms with Gasteiger partial charge in [0.1, 0.15) is 11.3 Å². The van der Waals surface area contributed by atoms with Crippen LogP contribution in [0.5, 0.6) is 5.75 Å². The van der Waals surface area contributed by atoms with E-state index in [-0.39, 0.29) is 24.9 Å². The molecule has 0 saturated carbocycles. The molecule has 1 aromatic rings. The molecule has 0 unspecified atom stereocenters. The molecule has 1 amide bonds. The Morgan fingerprint density at radius 1 is 1.28 bits per heavy atom. The lowest BCUT2D eigenvalue weighted by Gasteiger charge is -2.34. The number of esters is 1. The van der Waals surface area contributed by atoms with E-state index in [1.165, 1.54) is 14.2 Å². The van der Waals surface area contributed by atoms with Crippen molar-refractivity contribution in [2.24, 2.45) is 11.1 Å². The zero-order valence-electron chi connectivity index (χ0n) is 14.5. The van der Waals surface area contributed by atoms with Crippen LogP contribution in [0, 0.1) is 5.41 Å². The number of benzene rings is 1. The fourth-order valence-electron chi connectivity index (χ4n) is 2.79. The van der Waals surface area contributed by atoms with Crippen LogP contribution in [0.15, 0.2) is 18.2 Å². The quantitative estimate of drug-likeness (QED) is 0.729. The Balaban J connectivity index is 0.00000312. The number of nitrogens with one attached hydrogen (secondary N) is 1. The van der Waals surface area contributed by atoms with Crippen LogP contribution in [0.2, 0.25) is 0 Å². The first-order valence-corrected chi connectivity index (χ1v) is 7.87. The van der Waals surface area contributed by atoms with Gasteiger partial charge in [-0.3, -0.25) is 4.79 Å². The summed E-state index contributed by atoms with van der Waals surface area (Å²) in [5.41, 5.74) is 6.37. The molecule has 1 aliphatic rings. The van der Waals surface area contributed by atoms with Crippen molar-refractivity contribution >= 4 is 24.3 Å². The SMILES string of the molecule is COC(=O)c1cc(CNC(=O)C2(CN)CCOCC2)ccc1OC.Cl. The minimum Gasteiger partial charge on any atom is -0.496 e. The summed E-state index contributed by atoms with van der Waals surface area (Å²) < 4.78 is 15.2. The lowest BCUT2D eigenvalue weighted by atomic mass is 9.79. The number of nitrogens with two attached hydrogens (primary N) is 1. The number of halogens is 1. The van der Waals surface area contributed by atoms with Crippen molar-refractivity contribution < 1.29 is 23.8 Å². The van der Waals surface area contributed by atoms with Crippen molar-refractivity contribution in [2.75, 3.05) is 34.0 Å². The number of methoxy groups -OCH3 is 2. The summed E-state index contributed by atoms with van der Waals surface area (Å²) in [6.07, 6.45) is 1.23. The van der Waals surface area contributed by atoms with Gasteiger partial charge in [0.15, 0.2) is 0 Å². The number of ether oxygens (including phenoxy) is 3. The predicted molar refractivity (Wildman–Crippen MR) is 95.0 cm³/mol. The Kier molecular flexibility index (Phi) is 8.15. The van der Waals surface area contributed by atoms with Gasteiger partial charge in [0.2, 0.25) is 5.91 Å². The van der Waals surface area contributed by atoms with Crippen LogP contribution >= 0.6 is 12.4 Å². The largest absolute Gasteiger partial charge is 0.496 e. The molecule has 0 radical (unpaired) electrons. The summed E-state index contributed by atoms with van der Waals surface area (Å²) in [5, 5.41) is 2.91. The van der Waals surface area contributed by atoms with Crippen molar-refractivity contribution in [1.29, 1.82) is 0 Å². The van der Waals surface area contributed by atoms with Crippen LogP contribution in [0.3, 0.4) is 0 Å². The molecule has 0 atom stereocenters. The second-order valence-electron chi connectivity index (χ2n) is 5.81. The number of carbonyl (C=O) groups is 2. The zero-order chi connectivity index (χ0) is 17.6. The number of hydrogen-bond donors (Lipinski definition) is 2. The average Bonchev–Trinajstić information content (AvgIpc) is 2.65. The smallest absolute Gasteiger partial charge is 0.341 e. The number of rotatable bonds is 6. The van der Waals surface area contributed by atoms with Crippen molar-refractivity contribution in [1.82, 2.24) is 5.32 Å². The first kappa shape index (κ1) is 21.2. The van der Waals surface area contributed by atoms with E-state index in [1.54, 1.807) is 18.2 Å². The van der Waals surface area contributed by atoms with Gasteiger partial charge in [-0.15, -0.1) is 12.4 Å². The Morgan fingerprint density at radius 3 is 2.52 bits per heavy atom. The summed E-state index contributed by atoms with van der Waals surface area (Å²) >= 11 is 0. The number of amides is 1. The minimum atomic E-state index is -0.574.